The topological polar surface area (TPSA) is 0 Å². The summed E-state index contributed by atoms with van der Waals surface area (Å²) in [5, 5.41) is 0.996. The van der Waals surface area contributed by atoms with Crippen molar-refractivity contribution < 1.29 is 0 Å². The van der Waals surface area contributed by atoms with E-state index in [0.717, 1.165) is 11.8 Å². The summed E-state index contributed by atoms with van der Waals surface area (Å²) < 4.78 is 0. The monoisotopic (exact) mass is 286 g/mol. The Bertz CT molecular complexity index is 430. The summed E-state index contributed by atoms with van der Waals surface area (Å²) >= 11 is 3.48. The molecule has 2 aromatic rings. The first-order valence-electron chi connectivity index (χ1n) is 5.79. The highest BCUT2D eigenvalue weighted by molar-refractivity contribution is 9.09. The minimum atomic E-state index is 0.996. The molecule has 0 aliphatic heterocycles. The number of benzene rings is 2. The number of hydrogen-bond donors (Lipinski definition) is 0. The largest absolute Gasteiger partial charge is 0.0925 e. The van der Waals surface area contributed by atoms with Crippen LogP contribution >= 0.6 is 15.9 Å². The molecule has 0 unspecified atom stereocenters. The molecule has 0 atom stereocenters. The Balaban J connectivity index is 2.40. The van der Waals surface area contributed by atoms with Crippen LogP contribution in [0, 0.1) is 0 Å². The Morgan fingerprint density at radius 3 is 1.71 bits per heavy atom. The van der Waals surface area contributed by atoms with Crippen LogP contribution in [-0.4, -0.2) is 5.33 Å². The van der Waals surface area contributed by atoms with Crippen molar-refractivity contribution in [2.24, 2.45) is 0 Å². The summed E-state index contributed by atoms with van der Waals surface area (Å²) in [6, 6.07) is 21.1. The van der Waals surface area contributed by atoms with Gasteiger partial charge in [0.1, 0.15) is 0 Å². The average Bonchev–Trinajstić information content (AvgIpc) is 2.42. The van der Waals surface area contributed by atoms with Crippen LogP contribution in [0.4, 0.5) is 0 Å². The summed E-state index contributed by atoms with van der Waals surface area (Å²) in [5.74, 6) is 0. The van der Waals surface area contributed by atoms with Crippen LogP contribution in [0.15, 0.2) is 66.7 Å². The Hall–Kier alpha value is -1.34. The van der Waals surface area contributed by atoms with Crippen molar-refractivity contribution in [1.29, 1.82) is 0 Å². The van der Waals surface area contributed by atoms with Crippen molar-refractivity contribution >= 4 is 21.5 Å². The lowest BCUT2D eigenvalue weighted by Gasteiger charge is -2.08. The third kappa shape index (κ3) is 3.31. The van der Waals surface area contributed by atoms with E-state index >= 15 is 0 Å². The number of hydrogen-bond acceptors (Lipinski definition) is 0. The van der Waals surface area contributed by atoms with Crippen LogP contribution in [0.1, 0.15) is 17.5 Å². The van der Waals surface area contributed by atoms with E-state index in [1.54, 1.807) is 0 Å². The van der Waals surface area contributed by atoms with Crippen LogP contribution in [0.25, 0.3) is 5.57 Å². The molecule has 2 aromatic carbocycles. The summed E-state index contributed by atoms with van der Waals surface area (Å²) in [6.45, 7) is 0. The molecule has 1 heteroatoms. The predicted molar refractivity (Wildman–Crippen MR) is 78.4 cm³/mol. The molecule has 0 bridgehead atoms. The number of alkyl halides is 1. The molecule has 0 amide bonds. The second-order valence-electron chi connectivity index (χ2n) is 3.83. The van der Waals surface area contributed by atoms with Gasteiger partial charge in [0.15, 0.2) is 0 Å². The van der Waals surface area contributed by atoms with Crippen molar-refractivity contribution in [3.8, 4) is 0 Å². The smallest absolute Gasteiger partial charge is 0.00662 e. The third-order valence-corrected chi connectivity index (χ3v) is 3.08. The van der Waals surface area contributed by atoms with E-state index in [0.29, 0.717) is 0 Å². The molecule has 17 heavy (non-hydrogen) atoms. The zero-order chi connectivity index (χ0) is 11.9. The minimum absolute atomic E-state index is 0.996. The Morgan fingerprint density at radius 2 is 1.29 bits per heavy atom. The molecule has 2 rings (SSSR count). The lowest BCUT2D eigenvalue weighted by Crippen LogP contribution is -1.87. The SMILES string of the molecule is BrCCC=C(c1ccccc1)c1ccccc1. The highest BCUT2D eigenvalue weighted by Gasteiger charge is 2.02. The second-order valence-corrected chi connectivity index (χ2v) is 4.62. The summed E-state index contributed by atoms with van der Waals surface area (Å²) in [6.07, 6.45) is 3.33. The van der Waals surface area contributed by atoms with Crippen LogP contribution in [0.5, 0.6) is 0 Å². The van der Waals surface area contributed by atoms with Gasteiger partial charge in [-0.15, -0.1) is 0 Å². The lowest BCUT2D eigenvalue weighted by molar-refractivity contribution is 1.26. The third-order valence-electron chi connectivity index (χ3n) is 2.63. The number of rotatable bonds is 4. The van der Waals surface area contributed by atoms with Gasteiger partial charge in [-0.3, -0.25) is 0 Å². The van der Waals surface area contributed by atoms with Gasteiger partial charge in [-0.1, -0.05) is 82.7 Å². The van der Waals surface area contributed by atoms with E-state index in [-0.39, 0.29) is 0 Å². The zero-order valence-corrected chi connectivity index (χ0v) is 11.2. The maximum Gasteiger partial charge on any atom is 0.00662 e. The normalized spacial score (nSPS) is 9.94. The summed E-state index contributed by atoms with van der Waals surface area (Å²) in [4.78, 5) is 0. The van der Waals surface area contributed by atoms with E-state index in [1.807, 2.05) is 0 Å². The Kier molecular flexibility index (Phi) is 4.57. The molecule has 0 saturated heterocycles. The van der Waals surface area contributed by atoms with Gasteiger partial charge >= 0.3 is 0 Å². The van der Waals surface area contributed by atoms with Gasteiger partial charge in [0.2, 0.25) is 0 Å². The lowest BCUT2D eigenvalue weighted by atomic mass is 9.97. The van der Waals surface area contributed by atoms with Crippen LogP contribution in [0.2, 0.25) is 0 Å². The molecule has 0 N–H and O–H groups in total. The maximum absolute atomic E-state index is 3.48. The molecule has 0 fully saturated rings. The fourth-order valence-electron chi connectivity index (χ4n) is 1.84. The van der Waals surface area contributed by atoms with Crippen LogP contribution < -0.4 is 0 Å². The highest BCUT2D eigenvalue weighted by Crippen LogP contribution is 2.23. The fraction of sp³-hybridized carbons (Fsp3) is 0.125. The first kappa shape index (κ1) is 12.1. The quantitative estimate of drug-likeness (QED) is 0.701. The molecule has 0 radical (unpaired) electrons. The van der Waals surface area contributed by atoms with Gasteiger partial charge in [-0.25, -0.2) is 0 Å². The summed E-state index contributed by atoms with van der Waals surface area (Å²) in [5.41, 5.74) is 3.87. The number of halogens is 1. The molecule has 0 aliphatic rings. The van der Waals surface area contributed by atoms with Crippen molar-refractivity contribution in [3.05, 3.63) is 77.9 Å². The maximum atomic E-state index is 3.48. The Morgan fingerprint density at radius 1 is 0.824 bits per heavy atom. The van der Waals surface area contributed by atoms with E-state index < -0.39 is 0 Å². The highest BCUT2D eigenvalue weighted by atomic mass is 79.9. The minimum Gasteiger partial charge on any atom is -0.0925 e. The van der Waals surface area contributed by atoms with Gasteiger partial charge in [0.25, 0.3) is 0 Å². The van der Waals surface area contributed by atoms with Gasteiger partial charge in [0, 0.05) is 5.33 Å². The molecule has 0 spiro atoms. The van der Waals surface area contributed by atoms with Crippen molar-refractivity contribution in [2.45, 2.75) is 6.42 Å². The van der Waals surface area contributed by atoms with Gasteiger partial charge in [-0.05, 0) is 23.1 Å². The van der Waals surface area contributed by atoms with Crippen molar-refractivity contribution in [3.63, 3.8) is 0 Å². The number of allylic oxidation sites excluding steroid dienone is 1. The zero-order valence-electron chi connectivity index (χ0n) is 9.64. The first-order chi connectivity index (χ1) is 8.42. The second kappa shape index (κ2) is 6.41. The molecular formula is C16H15Br. The first-order valence-corrected chi connectivity index (χ1v) is 6.91. The van der Waals surface area contributed by atoms with Crippen LogP contribution in [-0.2, 0) is 0 Å². The Labute approximate surface area is 111 Å². The van der Waals surface area contributed by atoms with E-state index in [1.165, 1.54) is 16.7 Å². The molecule has 0 aromatic heterocycles. The molecule has 0 saturated carbocycles. The molecule has 0 nitrogen and oxygen atoms in total. The molecule has 86 valence electrons. The average molecular weight is 287 g/mol. The molecular weight excluding hydrogens is 272 g/mol. The standard InChI is InChI=1S/C16H15Br/c17-13-7-12-16(14-8-3-1-4-9-14)15-10-5-2-6-11-15/h1-6,8-12H,7,13H2. The predicted octanol–water partition coefficient (Wildman–Crippen LogP) is 4.90. The molecule has 0 heterocycles. The van der Waals surface area contributed by atoms with E-state index in [2.05, 4.69) is 82.7 Å². The van der Waals surface area contributed by atoms with Gasteiger partial charge in [0.05, 0.1) is 0 Å². The van der Waals surface area contributed by atoms with Gasteiger partial charge < -0.3 is 0 Å². The fourth-order valence-corrected chi connectivity index (χ4v) is 2.07. The van der Waals surface area contributed by atoms with Crippen molar-refractivity contribution in [2.75, 3.05) is 5.33 Å². The van der Waals surface area contributed by atoms with E-state index in [9.17, 15) is 0 Å². The molecule has 0 aliphatic carbocycles. The van der Waals surface area contributed by atoms with E-state index in [4.69, 9.17) is 0 Å². The van der Waals surface area contributed by atoms with Crippen molar-refractivity contribution in [1.82, 2.24) is 0 Å². The summed E-state index contributed by atoms with van der Waals surface area (Å²) in [7, 11) is 0. The van der Waals surface area contributed by atoms with Gasteiger partial charge in [-0.2, -0.15) is 0 Å². The van der Waals surface area contributed by atoms with Crippen LogP contribution in [0.3, 0.4) is 0 Å².